The molecule has 156 valence electrons. The number of morpholine rings is 1. The molecule has 1 amide bonds. The molecule has 0 unspecified atom stereocenters. The van der Waals surface area contributed by atoms with E-state index in [0.29, 0.717) is 53.2 Å². The standard InChI is InChI=1S/C20H20Cl4N2O3/c1-11-16(22)12(2)18(24)20(17(11)23)29-10-15(27)25-14-5-3-4-13(21)19(14)26-6-8-28-9-7-26/h3-5H,6-10H2,1-2H3,(H,25,27). The molecule has 9 heteroatoms. The summed E-state index contributed by atoms with van der Waals surface area (Å²) >= 11 is 25.2. The topological polar surface area (TPSA) is 50.8 Å². The fraction of sp³-hybridized carbons (Fsp3) is 0.350. The van der Waals surface area contributed by atoms with Crippen molar-refractivity contribution in [3.8, 4) is 5.75 Å². The summed E-state index contributed by atoms with van der Waals surface area (Å²) in [5, 5.41) is 4.46. The first kappa shape index (κ1) is 22.3. The third kappa shape index (κ3) is 4.86. The third-order valence-electron chi connectivity index (χ3n) is 4.65. The van der Waals surface area contributed by atoms with E-state index in [0.717, 1.165) is 5.69 Å². The van der Waals surface area contributed by atoms with Gasteiger partial charge in [-0.25, -0.2) is 0 Å². The van der Waals surface area contributed by atoms with Gasteiger partial charge in [-0.15, -0.1) is 0 Å². The molecule has 3 rings (SSSR count). The number of nitrogens with one attached hydrogen (secondary N) is 1. The largest absolute Gasteiger partial charge is 0.481 e. The van der Waals surface area contributed by atoms with Gasteiger partial charge in [0.15, 0.2) is 12.4 Å². The number of halogens is 4. The Balaban J connectivity index is 1.75. The van der Waals surface area contributed by atoms with E-state index in [4.69, 9.17) is 55.9 Å². The Morgan fingerprint density at radius 1 is 1.07 bits per heavy atom. The molecule has 1 saturated heterocycles. The number of nitrogens with zero attached hydrogens (tertiary/aromatic N) is 1. The van der Waals surface area contributed by atoms with Crippen LogP contribution in [0.5, 0.6) is 5.75 Å². The number of ether oxygens (including phenoxy) is 2. The molecule has 2 aromatic rings. The summed E-state index contributed by atoms with van der Waals surface area (Å²) in [5.74, 6) is -0.124. The molecule has 0 atom stereocenters. The fourth-order valence-electron chi connectivity index (χ4n) is 3.09. The molecule has 1 heterocycles. The van der Waals surface area contributed by atoms with E-state index < -0.39 is 0 Å². The molecule has 0 radical (unpaired) electrons. The second kappa shape index (κ2) is 9.63. The Labute approximate surface area is 189 Å². The van der Waals surface area contributed by atoms with Crippen LogP contribution in [0.4, 0.5) is 11.4 Å². The predicted octanol–water partition coefficient (Wildman–Crippen LogP) is 5.77. The SMILES string of the molecule is Cc1c(Cl)c(C)c(Cl)c(OCC(=O)Nc2cccc(Cl)c2N2CCOCC2)c1Cl. The summed E-state index contributed by atoms with van der Waals surface area (Å²) in [6.07, 6.45) is 0. The molecule has 2 aromatic carbocycles. The molecule has 1 aliphatic heterocycles. The Bertz CT molecular complexity index is 901. The summed E-state index contributed by atoms with van der Waals surface area (Å²) in [6, 6.07) is 5.37. The summed E-state index contributed by atoms with van der Waals surface area (Å²) in [5.41, 5.74) is 2.67. The number of amides is 1. The summed E-state index contributed by atoms with van der Waals surface area (Å²) in [4.78, 5) is 14.6. The van der Waals surface area contributed by atoms with Gasteiger partial charge in [0, 0.05) is 18.1 Å². The van der Waals surface area contributed by atoms with Gasteiger partial charge in [-0.3, -0.25) is 4.79 Å². The Morgan fingerprint density at radius 3 is 2.31 bits per heavy atom. The molecule has 0 aliphatic carbocycles. The average molecular weight is 478 g/mol. The molecule has 5 nitrogen and oxygen atoms in total. The number of rotatable bonds is 5. The maximum absolute atomic E-state index is 12.6. The van der Waals surface area contributed by atoms with E-state index in [2.05, 4.69) is 10.2 Å². The molecule has 0 spiro atoms. The highest BCUT2D eigenvalue weighted by Crippen LogP contribution is 2.42. The molecule has 0 bridgehead atoms. The van der Waals surface area contributed by atoms with Crippen LogP contribution in [-0.4, -0.2) is 38.8 Å². The first-order valence-corrected chi connectivity index (χ1v) is 10.5. The number of carbonyl (C=O) groups is 1. The van der Waals surface area contributed by atoms with Gasteiger partial charge < -0.3 is 19.7 Å². The first-order chi connectivity index (χ1) is 13.8. The highest BCUT2D eigenvalue weighted by molar-refractivity contribution is 6.42. The summed E-state index contributed by atoms with van der Waals surface area (Å²) in [6.45, 7) is 5.86. The van der Waals surface area contributed by atoms with Crippen LogP contribution >= 0.6 is 46.4 Å². The molecule has 1 aliphatic rings. The van der Waals surface area contributed by atoms with Crippen molar-refractivity contribution in [1.82, 2.24) is 0 Å². The fourth-order valence-corrected chi connectivity index (χ4v) is 4.20. The van der Waals surface area contributed by atoms with Crippen LogP contribution in [0, 0.1) is 13.8 Å². The van der Waals surface area contributed by atoms with Gasteiger partial charge >= 0.3 is 0 Å². The third-order valence-corrected chi connectivity index (χ3v) is 6.43. The number of para-hydroxylation sites is 1. The molecular formula is C20H20Cl4N2O3. The molecule has 0 saturated carbocycles. The lowest BCUT2D eigenvalue weighted by atomic mass is 10.1. The Morgan fingerprint density at radius 2 is 1.69 bits per heavy atom. The number of carbonyl (C=O) groups excluding carboxylic acids is 1. The second-order valence-electron chi connectivity index (χ2n) is 6.59. The van der Waals surface area contributed by atoms with Gasteiger partial charge in [0.1, 0.15) is 0 Å². The van der Waals surface area contributed by atoms with E-state index in [1.54, 1.807) is 32.0 Å². The van der Waals surface area contributed by atoms with E-state index in [-0.39, 0.29) is 28.3 Å². The minimum atomic E-state index is -0.362. The van der Waals surface area contributed by atoms with Crippen molar-refractivity contribution in [3.05, 3.63) is 49.4 Å². The van der Waals surface area contributed by atoms with Crippen LogP contribution in [0.2, 0.25) is 20.1 Å². The van der Waals surface area contributed by atoms with E-state index >= 15 is 0 Å². The summed E-state index contributed by atoms with van der Waals surface area (Å²) < 4.78 is 11.0. The van der Waals surface area contributed by atoms with Crippen molar-refractivity contribution in [2.45, 2.75) is 13.8 Å². The zero-order chi connectivity index (χ0) is 21.1. The van der Waals surface area contributed by atoms with Crippen LogP contribution in [-0.2, 0) is 9.53 Å². The second-order valence-corrected chi connectivity index (χ2v) is 8.13. The van der Waals surface area contributed by atoms with Gasteiger partial charge in [0.25, 0.3) is 5.91 Å². The smallest absolute Gasteiger partial charge is 0.262 e. The highest BCUT2D eigenvalue weighted by Gasteiger charge is 2.21. The van der Waals surface area contributed by atoms with E-state index in [9.17, 15) is 4.79 Å². The highest BCUT2D eigenvalue weighted by atomic mass is 35.5. The first-order valence-electron chi connectivity index (χ1n) is 8.98. The lowest BCUT2D eigenvalue weighted by Crippen LogP contribution is -2.37. The van der Waals surface area contributed by atoms with Crippen molar-refractivity contribution >= 4 is 63.7 Å². The summed E-state index contributed by atoms with van der Waals surface area (Å²) in [7, 11) is 0. The minimum Gasteiger partial charge on any atom is -0.481 e. The van der Waals surface area contributed by atoms with Crippen LogP contribution in [0.15, 0.2) is 18.2 Å². The van der Waals surface area contributed by atoms with Gasteiger partial charge in [-0.2, -0.15) is 0 Å². The van der Waals surface area contributed by atoms with Gasteiger partial charge in [-0.1, -0.05) is 52.5 Å². The predicted molar refractivity (Wildman–Crippen MR) is 120 cm³/mol. The Kier molecular flexibility index (Phi) is 7.41. The lowest BCUT2D eigenvalue weighted by Gasteiger charge is -2.31. The van der Waals surface area contributed by atoms with Crippen molar-refractivity contribution in [3.63, 3.8) is 0 Å². The number of anilines is 2. The van der Waals surface area contributed by atoms with Crippen molar-refractivity contribution in [2.75, 3.05) is 43.1 Å². The monoisotopic (exact) mass is 476 g/mol. The maximum Gasteiger partial charge on any atom is 0.262 e. The normalized spacial score (nSPS) is 14.1. The van der Waals surface area contributed by atoms with Gasteiger partial charge in [-0.05, 0) is 37.1 Å². The van der Waals surface area contributed by atoms with Crippen molar-refractivity contribution in [2.24, 2.45) is 0 Å². The lowest BCUT2D eigenvalue weighted by molar-refractivity contribution is -0.118. The maximum atomic E-state index is 12.6. The minimum absolute atomic E-state index is 0.238. The van der Waals surface area contributed by atoms with Gasteiger partial charge in [0.05, 0.1) is 39.7 Å². The van der Waals surface area contributed by atoms with Crippen LogP contribution in [0.1, 0.15) is 11.1 Å². The Hall–Kier alpha value is -1.37. The van der Waals surface area contributed by atoms with Crippen molar-refractivity contribution < 1.29 is 14.3 Å². The molecule has 1 N–H and O–H groups in total. The molecule has 1 fully saturated rings. The van der Waals surface area contributed by atoms with Crippen molar-refractivity contribution in [1.29, 1.82) is 0 Å². The van der Waals surface area contributed by atoms with Crippen LogP contribution < -0.4 is 15.0 Å². The van der Waals surface area contributed by atoms with E-state index in [1.807, 2.05) is 0 Å². The zero-order valence-electron chi connectivity index (χ0n) is 16.0. The number of hydrogen-bond acceptors (Lipinski definition) is 4. The van der Waals surface area contributed by atoms with Gasteiger partial charge in [0.2, 0.25) is 0 Å². The zero-order valence-corrected chi connectivity index (χ0v) is 19.0. The van der Waals surface area contributed by atoms with Crippen LogP contribution in [0.25, 0.3) is 0 Å². The average Bonchev–Trinajstić information content (AvgIpc) is 2.71. The molecular weight excluding hydrogens is 458 g/mol. The number of hydrogen-bond donors (Lipinski definition) is 1. The van der Waals surface area contributed by atoms with Crippen LogP contribution in [0.3, 0.4) is 0 Å². The number of benzene rings is 2. The molecule has 0 aromatic heterocycles. The molecule has 29 heavy (non-hydrogen) atoms. The van der Waals surface area contributed by atoms with E-state index in [1.165, 1.54) is 0 Å². The quantitative estimate of drug-likeness (QED) is 0.593.